The molecule has 6 N–H and O–H groups in total. The topological polar surface area (TPSA) is 158 Å². The first-order valence-corrected chi connectivity index (χ1v) is 5.38. The predicted octanol–water partition coefficient (Wildman–Crippen LogP) is -3.16. The summed E-state index contributed by atoms with van der Waals surface area (Å²) in [4.78, 5) is 12.6. The van der Waals surface area contributed by atoms with Crippen LogP contribution in [0, 0.1) is 0 Å². The standard InChI is InChI=1S/C8H14N4O7/c13-1-3-4(14)5(15)6(19-3)11-2-12(18)7(10-17)9-8(11)16/h3-6,13-15,17-18H,1-2H2,(H,9,10,16)/t3-,4?,5?,6-/m1/s1. The van der Waals surface area contributed by atoms with Crippen LogP contribution < -0.4 is 5.32 Å². The van der Waals surface area contributed by atoms with E-state index in [1.54, 1.807) is 0 Å². The molecule has 2 rings (SSSR count). The first-order chi connectivity index (χ1) is 8.99. The van der Waals surface area contributed by atoms with Gasteiger partial charge in [-0.25, -0.2) is 9.86 Å². The van der Waals surface area contributed by atoms with Crippen molar-refractivity contribution in [3.8, 4) is 0 Å². The molecule has 19 heavy (non-hydrogen) atoms. The summed E-state index contributed by atoms with van der Waals surface area (Å²) in [5.74, 6) is -0.479. The van der Waals surface area contributed by atoms with E-state index < -0.39 is 49.8 Å². The molecular weight excluding hydrogens is 264 g/mol. The molecule has 2 heterocycles. The minimum absolute atomic E-state index is 0.413. The Morgan fingerprint density at radius 1 is 1.42 bits per heavy atom. The second kappa shape index (κ2) is 5.14. The number of aliphatic hydroxyl groups is 3. The van der Waals surface area contributed by atoms with Crippen LogP contribution in [0.4, 0.5) is 4.79 Å². The smallest absolute Gasteiger partial charge is 0.327 e. The number of ether oxygens (including phenoxy) is 1. The van der Waals surface area contributed by atoms with E-state index in [4.69, 9.17) is 15.1 Å². The lowest BCUT2D eigenvalue weighted by Crippen LogP contribution is -2.63. The van der Waals surface area contributed by atoms with Crippen molar-refractivity contribution in [2.75, 3.05) is 13.3 Å². The zero-order chi connectivity index (χ0) is 14.2. The maximum Gasteiger partial charge on any atom is 0.327 e. The van der Waals surface area contributed by atoms with Gasteiger partial charge in [-0.1, -0.05) is 0 Å². The van der Waals surface area contributed by atoms with Gasteiger partial charge in [0.05, 0.1) is 6.61 Å². The summed E-state index contributed by atoms with van der Waals surface area (Å²) in [6.07, 6.45) is -5.08. The Bertz CT molecular complexity index is 391. The van der Waals surface area contributed by atoms with Gasteiger partial charge in [0.2, 0.25) is 0 Å². The number of rotatable bonds is 2. The third-order valence-electron chi connectivity index (χ3n) is 2.93. The molecule has 2 fully saturated rings. The van der Waals surface area contributed by atoms with Gasteiger partial charge in [-0.3, -0.25) is 15.4 Å². The Morgan fingerprint density at radius 2 is 2.11 bits per heavy atom. The molecule has 0 saturated carbocycles. The van der Waals surface area contributed by atoms with Crippen LogP contribution >= 0.6 is 0 Å². The van der Waals surface area contributed by atoms with Crippen molar-refractivity contribution in [2.24, 2.45) is 5.16 Å². The molecule has 0 aliphatic carbocycles. The highest BCUT2D eigenvalue weighted by atomic mass is 16.6. The lowest BCUT2D eigenvalue weighted by Gasteiger charge is -2.37. The molecule has 0 aromatic rings. The molecule has 108 valence electrons. The van der Waals surface area contributed by atoms with Crippen LogP contribution in [0.3, 0.4) is 0 Å². The van der Waals surface area contributed by atoms with E-state index in [0.717, 1.165) is 4.90 Å². The Kier molecular flexibility index (Phi) is 3.73. The van der Waals surface area contributed by atoms with Crippen molar-refractivity contribution in [3.63, 3.8) is 0 Å². The first kappa shape index (κ1) is 13.8. The third-order valence-corrected chi connectivity index (χ3v) is 2.93. The van der Waals surface area contributed by atoms with E-state index in [9.17, 15) is 20.2 Å². The molecule has 0 aromatic carbocycles. The molecule has 2 amide bonds. The van der Waals surface area contributed by atoms with Gasteiger partial charge >= 0.3 is 6.03 Å². The number of hydrogen-bond donors (Lipinski definition) is 6. The van der Waals surface area contributed by atoms with Crippen LogP contribution in [0.2, 0.25) is 0 Å². The number of oxime groups is 1. The van der Waals surface area contributed by atoms with Gasteiger partial charge in [-0.15, -0.1) is 0 Å². The molecule has 0 aromatic heterocycles. The first-order valence-electron chi connectivity index (χ1n) is 5.38. The maximum absolute atomic E-state index is 11.7. The van der Waals surface area contributed by atoms with Crippen molar-refractivity contribution >= 4 is 12.0 Å². The Balaban J connectivity index is 2.12. The number of guanidine groups is 1. The molecule has 11 heteroatoms. The zero-order valence-electron chi connectivity index (χ0n) is 9.62. The summed E-state index contributed by atoms with van der Waals surface area (Å²) in [5.41, 5.74) is 0. The highest BCUT2D eigenvalue weighted by molar-refractivity contribution is 5.97. The number of hydrogen-bond acceptors (Lipinski definition) is 8. The fraction of sp³-hybridized carbons (Fsp3) is 0.750. The molecule has 11 nitrogen and oxygen atoms in total. The monoisotopic (exact) mass is 278 g/mol. The van der Waals surface area contributed by atoms with Crippen LogP contribution in [0.5, 0.6) is 0 Å². The maximum atomic E-state index is 11.7. The Hall–Kier alpha value is -1.66. The molecular formula is C8H14N4O7. The zero-order valence-corrected chi connectivity index (χ0v) is 9.62. The van der Waals surface area contributed by atoms with Gasteiger partial charge in [0, 0.05) is 0 Å². The molecule has 2 saturated heterocycles. The van der Waals surface area contributed by atoms with Gasteiger partial charge in [0.15, 0.2) is 6.23 Å². The summed E-state index contributed by atoms with van der Waals surface area (Å²) in [6.45, 7) is -0.978. The highest BCUT2D eigenvalue weighted by Crippen LogP contribution is 2.25. The lowest BCUT2D eigenvalue weighted by atomic mass is 10.1. The molecule has 0 radical (unpaired) electrons. The molecule has 0 spiro atoms. The molecule has 2 unspecified atom stereocenters. The van der Waals surface area contributed by atoms with E-state index in [2.05, 4.69) is 5.16 Å². The van der Waals surface area contributed by atoms with Gasteiger partial charge in [0.1, 0.15) is 25.0 Å². The minimum Gasteiger partial charge on any atom is -0.408 e. The van der Waals surface area contributed by atoms with E-state index in [1.807, 2.05) is 5.32 Å². The van der Waals surface area contributed by atoms with Crippen LogP contribution in [0.1, 0.15) is 0 Å². The van der Waals surface area contributed by atoms with Crippen molar-refractivity contribution in [3.05, 3.63) is 0 Å². The van der Waals surface area contributed by atoms with Crippen LogP contribution in [-0.4, -0.2) is 85.5 Å². The quantitative estimate of drug-likeness (QED) is 0.228. The number of nitrogens with one attached hydrogen (secondary N) is 1. The molecule has 2 aliphatic heterocycles. The van der Waals surface area contributed by atoms with Crippen molar-refractivity contribution in [2.45, 2.75) is 24.5 Å². The highest BCUT2D eigenvalue weighted by Gasteiger charge is 2.48. The van der Waals surface area contributed by atoms with Gasteiger partial charge in [-0.05, 0) is 5.16 Å². The lowest BCUT2D eigenvalue weighted by molar-refractivity contribution is -0.132. The number of urea groups is 1. The summed E-state index contributed by atoms with van der Waals surface area (Å²) < 4.78 is 5.14. The van der Waals surface area contributed by atoms with Gasteiger partial charge in [0.25, 0.3) is 5.96 Å². The summed E-state index contributed by atoms with van der Waals surface area (Å²) in [5, 5.41) is 51.3. The summed E-state index contributed by atoms with van der Waals surface area (Å²) in [7, 11) is 0. The third kappa shape index (κ3) is 2.29. The summed E-state index contributed by atoms with van der Waals surface area (Å²) in [6, 6.07) is -0.798. The van der Waals surface area contributed by atoms with Crippen molar-refractivity contribution in [1.82, 2.24) is 15.3 Å². The van der Waals surface area contributed by atoms with Crippen LogP contribution in [-0.2, 0) is 4.74 Å². The van der Waals surface area contributed by atoms with Gasteiger partial charge in [-0.2, -0.15) is 0 Å². The number of aliphatic hydroxyl groups excluding tert-OH is 3. The Labute approximate surface area is 106 Å². The number of carbonyl (C=O) groups is 1. The van der Waals surface area contributed by atoms with Crippen LogP contribution in [0.15, 0.2) is 5.16 Å². The predicted molar refractivity (Wildman–Crippen MR) is 55.8 cm³/mol. The van der Waals surface area contributed by atoms with E-state index in [1.165, 1.54) is 0 Å². The Morgan fingerprint density at radius 3 is 2.63 bits per heavy atom. The SMILES string of the molecule is O=C1NC(=NO)N(O)CN1[C@@H]1O[C@H](CO)C(O)C1O. The minimum atomic E-state index is -1.44. The second-order valence-electron chi connectivity index (χ2n) is 4.09. The van der Waals surface area contributed by atoms with Gasteiger partial charge < -0.3 is 25.3 Å². The largest absolute Gasteiger partial charge is 0.408 e. The van der Waals surface area contributed by atoms with E-state index in [0.29, 0.717) is 5.06 Å². The summed E-state index contributed by atoms with van der Waals surface area (Å²) >= 11 is 0. The van der Waals surface area contributed by atoms with Crippen molar-refractivity contribution < 1.29 is 35.3 Å². The average molecular weight is 278 g/mol. The number of hydroxylamine groups is 2. The fourth-order valence-corrected chi connectivity index (χ4v) is 1.92. The fourth-order valence-electron chi connectivity index (χ4n) is 1.92. The normalized spacial score (nSPS) is 37.9. The molecule has 0 bridgehead atoms. The number of carbonyl (C=O) groups excluding carboxylic acids is 1. The van der Waals surface area contributed by atoms with Crippen LogP contribution in [0.25, 0.3) is 0 Å². The van der Waals surface area contributed by atoms with E-state index >= 15 is 0 Å². The molecule has 4 atom stereocenters. The second-order valence-corrected chi connectivity index (χ2v) is 4.09. The number of nitrogens with zero attached hydrogens (tertiary/aromatic N) is 3. The van der Waals surface area contributed by atoms with E-state index in [-0.39, 0.29) is 0 Å². The number of amides is 2. The average Bonchev–Trinajstić information content (AvgIpc) is 2.68. The molecule has 2 aliphatic rings. The van der Waals surface area contributed by atoms with Crippen molar-refractivity contribution in [1.29, 1.82) is 0 Å².